The second kappa shape index (κ2) is 11.4. The first-order valence-electron chi connectivity index (χ1n) is 16.6. The summed E-state index contributed by atoms with van der Waals surface area (Å²) in [6, 6.07) is 0. The number of hydrogen-bond donors (Lipinski definition) is 5. The predicted molar refractivity (Wildman–Crippen MR) is 155 cm³/mol. The van der Waals surface area contributed by atoms with E-state index in [0.717, 1.165) is 32.2 Å². The van der Waals surface area contributed by atoms with E-state index in [4.69, 9.17) is 14.5 Å². The van der Waals surface area contributed by atoms with Gasteiger partial charge in [-0.15, -0.1) is 0 Å². The topological polar surface area (TPSA) is 132 Å². The first-order valence-corrected chi connectivity index (χ1v) is 16.6. The molecular weight excluding hydrogens is 522 g/mol. The molecule has 0 spiro atoms. The first kappa shape index (κ1) is 30.4. The van der Waals surface area contributed by atoms with Crippen molar-refractivity contribution in [1.82, 2.24) is 0 Å². The average molecular weight is 578 g/mol. The molecule has 8 heteroatoms. The number of fused-ring (bicyclic) bond motifs is 5. The molecule has 16 atom stereocenters. The van der Waals surface area contributed by atoms with Crippen molar-refractivity contribution in [1.29, 1.82) is 0 Å². The fraction of sp³-hybridized carbons (Fsp3) is 0.970. The minimum Gasteiger partial charge on any atom is -0.394 e. The number of aliphatic hydroxyl groups is 5. The molecule has 0 aromatic heterocycles. The molecule has 0 radical (unpaired) electrons. The number of rotatable bonds is 5. The van der Waals surface area contributed by atoms with Crippen LogP contribution in [-0.4, -0.2) is 87.3 Å². The minimum absolute atomic E-state index is 0.0478. The summed E-state index contributed by atoms with van der Waals surface area (Å²) in [5.74, 6) is 3.89. The maximum atomic E-state index is 11.7. The van der Waals surface area contributed by atoms with Gasteiger partial charge in [0.05, 0.1) is 18.8 Å². The summed E-state index contributed by atoms with van der Waals surface area (Å²) in [7, 11) is 0. The molecule has 5 N–H and O–H groups in total. The van der Waals surface area contributed by atoms with Gasteiger partial charge in [0, 0.05) is 12.3 Å². The van der Waals surface area contributed by atoms with Gasteiger partial charge in [0.15, 0.2) is 6.29 Å². The van der Waals surface area contributed by atoms with E-state index in [-0.39, 0.29) is 23.5 Å². The van der Waals surface area contributed by atoms with Gasteiger partial charge in [0.2, 0.25) is 0 Å². The third-order valence-electron chi connectivity index (χ3n) is 13.5. The van der Waals surface area contributed by atoms with Crippen LogP contribution in [0.5, 0.6) is 0 Å². The Bertz CT molecular complexity index is 975. The molecule has 0 aromatic carbocycles. The second-order valence-electron chi connectivity index (χ2n) is 15.5. The summed E-state index contributed by atoms with van der Waals surface area (Å²) in [6.45, 7) is 10.3. The second-order valence-corrected chi connectivity index (χ2v) is 15.5. The molecule has 8 nitrogen and oxygen atoms in total. The van der Waals surface area contributed by atoms with Gasteiger partial charge in [-0.2, -0.15) is 0 Å². The van der Waals surface area contributed by atoms with Crippen LogP contribution < -0.4 is 0 Å². The van der Waals surface area contributed by atoms with Crippen molar-refractivity contribution in [2.75, 3.05) is 13.2 Å². The Labute approximate surface area is 245 Å². The molecule has 234 valence electrons. The van der Waals surface area contributed by atoms with E-state index in [2.05, 4.69) is 27.7 Å². The van der Waals surface area contributed by atoms with Crippen LogP contribution in [0.15, 0.2) is 4.99 Å². The van der Waals surface area contributed by atoms with Crippen molar-refractivity contribution in [2.45, 2.75) is 135 Å². The number of ether oxygens (including phenoxy) is 2. The SMILES string of the molecule is C[C@H]1CCC([C@@H](C)[C@H]2CC[C@H]3[C@@H]4CC(O)C5CC(O[C@@H]6O[C@H](CO)[C@@H](O)[C@H](O)[C@H]6O)CC[C@]5(C)[C@H]4CC[C@]23C)=NC1. The molecule has 2 heterocycles. The highest BCUT2D eigenvalue weighted by Gasteiger charge is 2.63. The maximum absolute atomic E-state index is 11.7. The highest BCUT2D eigenvalue weighted by Crippen LogP contribution is 2.68. The first-order chi connectivity index (χ1) is 19.5. The van der Waals surface area contributed by atoms with Crippen LogP contribution in [0.25, 0.3) is 0 Å². The molecule has 0 aromatic rings. The highest BCUT2D eigenvalue weighted by molar-refractivity contribution is 5.87. The third-order valence-corrected chi connectivity index (χ3v) is 13.5. The summed E-state index contributed by atoms with van der Waals surface area (Å²) in [5.41, 5.74) is 1.83. The maximum Gasteiger partial charge on any atom is 0.186 e. The van der Waals surface area contributed by atoms with E-state index >= 15 is 0 Å². The van der Waals surface area contributed by atoms with Crippen molar-refractivity contribution in [3.05, 3.63) is 0 Å². The highest BCUT2D eigenvalue weighted by atomic mass is 16.7. The smallest absolute Gasteiger partial charge is 0.186 e. The lowest BCUT2D eigenvalue weighted by molar-refractivity contribution is -0.317. The molecule has 41 heavy (non-hydrogen) atoms. The van der Waals surface area contributed by atoms with Gasteiger partial charge in [-0.05, 0) is 116 Å². The Balaban J connectivity index is 1.14. The monoisotopic (exact) mass is 577 g/mol. The van der Waals surface area contributed by atoms with Crippen molar-refractivity contribution >= 4 is 5.71 Å². The Morgan fingerprint density at radius 2 is 1.63 bits per heavy atom. The lowest BCUT2D eigenvalue weighted by Crippen LogP contribution is -2.61. The van der Waals surface area contributed by atoms with Crippen molar-refractivity contribution in [3.8, 4) is 0 Å². The van der Waals surface area contributed by atoms with E-state index in [0.29, 0.717) is 47.3 Å². The van der Waals surface area contributed by atoms with E-state index < -0.39 is 37.3 Å². The van der Waals surface area contributed by atoms with E-state index in [9.17, 15) is 25.5 Å². The molecule has 0 amide bonds. The van der Waals surface area contributed by atoms with Gasteiger partial charge in [0.1, 0.15) is 24.4 Å². The normalized spacial score (nSPS) is 54.5. The largest absolute Gasteiger partial charge is 0.394 e. The number of aliphatic imine (C=N–C) groups is 1. The molecule has 6 rings (SSSR count). The number of nitrogens with zero attached hydrogens (tertiary/aromatic N) is 1. The fourth-order valence-corrected chi connectivity index (χ4v) is 11.1. The summed E-state index contributed by atoms with van der Waals surface area (Å²) < 4.78 is 11.8. The molecule has 5 fully saturated rings. The summed E-state index contributed by atoms with van der Waals surface area (Å²) in [6.07, 6.45) is 3.87. The quantitative estimate of drug-likeness (QED) is 0.317. The Morgan fingerprint density at radius 3 is 2.34 bits per heavy atom. The van der Waals surface area contributed by atoms with Crippen molar-refractivity contribution in [3.63, 3.8) is 0 Å². The molecule has 3 unspecified atom stereocenters. The van der Waals surface area contributed by atoms with Gasteiger partial charge >= 0.3 is 0 Å². The van der Waals surface area contributed by atoms with Crippen LogP contribution in [0.4, 0.5) is 0 Å². The molecule has 0 bridgehead atoms. The third kappa shape index (κ3) is 5.05. The van der Waals surface area contributed by atoms with Crippen LogP contribution in [0.3, 0.4) is 0 Å². The fourth-order valence-electron chi connectivity index (χ4n) is 11.1. The Hall–Kier alpha value is -0.610. The summed E-state index contributed by atoms with van der Waals surface area (Å²) in [5, 5.41) is 52.1. The lowest BCUT2D eigenvalue weighted by Gasteiger charge is -2.62. The van der Waals surface area contributed by atoms with Gasteiger partial charge in [-0.3, -0.25) is 4.99 Å². The predicted octanol–water partition coefficient (Wildman–Crippen LogP) is 3.31. The minimum atomic E-state index is -1.44. The standard InChI is InChI=1S/C33H55NO7/c1-17-5-8-25(34-15-17)18(2)21-6-7-22-20-14-26(36)24-13-19(9-11-33(24,4)23(20)10-12-32(21,22)3)40-31-30(39)29(38)28(37)27(16-35)41-31/h17-24,26-31,35-39H,5-16H2,1-4H3/t17-,18-,19?,20-,21+,22-,23-,24?,26?,27+,28+,29-,30+,31+,32+,33+/m0/s1. The molecule has 4 saturated carbocycles. The molecule has 2 aliphatic heterocycles. The van der Waals surface area contributed by atoms with E-state index in [1.54, 1.807) is 0 Å². The van der Waals surface area contributed by atoms with E-state index in [1.165, 1.54) is 37.8 Å². The zero-order valence-corrected chi connectivity index (χ0v) is 25.6. The Kier molecular flexibility index (Phi) is 8.45. The van der Waals surface area contributed by atoms with Crippen LogP contribution in [-0.2, 0) is 9.47 Å². The van der Waals surface area contributed by atoms with Crippen LogP contribution >= 0.6 is 0 Å². The molecule has 6 aliphatic rings. The van der Waals surface area contributed by atoms with Crippen LogP contribution in [0.1, 0.15) is 91.9 Å². The summed E-state index contributed by atoms with van der Waals surface area (Å²) >= 11 is 0. The molecule has 1 saturated heterocycles. The lowest BCUT2D eigenvalue weighted by atomic mass is 9.43. The number of hydrogen-bond acceptors (Lipinski definition) is 8. The van der Waals surface area contributed by atoms with E-state index in [1.807, 2.05) is 0 Å². The average Bonchev–Trinajstić information content (AvgIpc) is 3.31. The van der Waals surface area contributed by atoms with Crippen molar-refractivity contribution < 1.29 is 35.0 Å². The van der Waals surface area contributed by atoms with Gasteiger partial charge in [-0.25, -0.2) is 0 Å². The van der Waals surface area contributed by atoms with Gasteiger partial charge in [-0.1, -0.05) is 27.7 Å². The summed E-state index contributed by atoms with van der Waals surface area (Å²) in [4.78, 5) is 5.05. The number of aliphatic hydroxyl groups excluding tert-OH is 5. The zero-order valence-electron chi connectivity index (χ0n) is 25.6. The molecular formula is C33H55NO7. The Morgan fingerprint density at radius 1 is 0.902 bits per heavy atom. The molecule has 4 aliphatic carbocycles. The van der Waals surface area contributed by atoms with Gasteiger partial charge in [0.25, 0.3) is 0 Å². The van der Waals surface area contributed by atoms with Gasteiger partial charge < -0.3 is 35.0 Å². The van der Waals surface area contributed by atoms with Crippen LogP contribution in [0, 0.1) is 52.3 Å². The zero-order chi connectivity index (χ0) is 29.3. The van der Waals surface area contributed by atoms with Crippen LogP contribution in [0.2, 0.25) is 0 Å². The van der Waals surface area contributed by atoms with Crippen molar-refractivity contribution in [2.24, 2.45) is 57.2 Å².